The number of hydrogen-bond donors (Lipinski definition) is 1. The van der Waals surface area contributed by atoms with Gasteiger partial charge in [0.25, 0.3) is 0 Å². The third kappa shape index (κ3) is 11.0. The molecule has 1 aromatic carbocycles. The highest BCUT2D eigenvalue weighted by molar-refractivity contribution is 7.89. The molecule has 0 atom stereocenters. The molecule has 0 aliphatic heterocycles. The summed E-state index contributed by atoms with van der Waals surface area (Å²) in [5, 5.41) is 0. The number of carbonyl (C=O) groups excluding carboxylic acids is 1. The van der Waals surface area contributed by atoms with Gasteiger partial charge in [-0.2, -0.15) is 4.72 Å². The summed E-state index contributed by atoms with van der Waals surface area (Å²) in [6, 6.07) is 7.80. The molecule has 0 aromatic heterocycles. The number of hydrogen-bond acceptors (Lipinski definition) is 4. The first-order valence-corrected chi connectivity index (χ1v) is 8.57. The van der Waals surface area contributed by atoms with Crippen LogP contribution < -0.4 is 4.72 Å². The maximum absolute atomic E-state index is 11.5. The van der Waals surface area contributed by atoms with Crippen molar-refractivity contribution < 1.29 is 17.9 Å². The van der Waals surface area contributed by atoms with Crippen LogP contribution in [0.3, 0.4) is 0 Å². The lowest BCUT2D eigenvalue weighted by Gasteiger charge is -2.04. The number of carbonyl (C=O) groups is 1. The summed E-state index contributed by atoms with van der Waals surface area (Å²) in [5.74, 6) is -0.630. The van der Waals surface area contributed by atoms with E-state index in [0.717, 1.165) is 0 Å². The Hall–Kier alpha value is -1.40. The van der Waals surface area contributed by atoms with Crippen molar-refractivity contribution in [2.75, 3.05) is 13.7 Å². The lowest BCUT2D eigenvalue weighted by molar-refractivity contribution is -0.139. The Kier molecular flexibility index (Phi) is 14.2. The second kappa shape index (κ2) is 13.6. The number of sulfonamides is 1. The van der Waals surface area contributed by atoms with Crippen LogP contribution in [0, 0.1) is 0 Å². The zero-order valence-electron chi connectivity index (χ0n) is 13.5. The fourth-order valence-electron chi connectivity index (χ4n) is 0.909. The second-order valence-electron chi connectivity index (χ2n) is 3.71. The van der Waals surface area contributed by atoms with Crippen molar-refractivity contribution in [3.8, 4) is 0 Å². The van der Waals surface area contributed by atoms with Crippen LogP contribution in [0.1, 0.15) is 40.5 Å². The quantitative estimate of drug-likeness (QED) is 0.847. The average molecular weight is 317 g/mol. The minimum absolute atomic E-state index is 0.119. The topological polar surface area (TPSA) is 72.5 Å². The normalized spacial score (nSPS) is 9.57. The second-order valence-corrected chi connectivity index (χ2v) is 5.48. The summed E-state index contributed by atoms with van der Waals surface area (Å²) in [5.41, 5.74) is 0. The lowest BCUT2D eigenvalue weighted by Crippen LogP contribution is -2.30. The van der Waals surface area contributed by atoms with Gasteiger partial charge >= 0.3 is 5.97 Å². The van der Waals surface area contributed by atoms with E-state index in [2.05, 4.69) is 23.3 Å². The molecule has 0 bridgehead atoms. The summed E-state index contributed by atoms with van der Waals surface area (Å²) < 4.78 is 29.5. The third-order valence-corrected chi connectivity index (χ3v) is 3.60. The number of benzene rings is 1. The molecule has 21 heavy (non-hydrogen) atoms. The molecule has 0 unspecified atom stereocenters. The van der Waals surface area contributed by atoms with E-state index in [1.807, 2.05) is 13.8 Å². The van der Waals surface area contributed by atoms with Gasteiger partial charge in [-0.15, -0.1) is 0 Å². The van der Waals surface area contributed by atoms with E-state index in [9.17, 15) is 13.2 Å². The van der Waals surface area contributed by atoms with E-state index in [0.29, 0.717) is 0 Å². The molecule has 1 aromatic rings. The molecule has 0 aliphatic carbocycles. The number of rotatable bonds is 5. The van der Waals surface area contributed by atoms with Crippen LogP contribution in [-0.2, 0) is 19.6 Å². The summed E-state index contributed by atoms with van der Waals surface area (Å²) in [6.45, 7) is 7.99. The van der Waals surface area contributed by atoms with E-state index in [4.69, 9.17) is 0 Å². The molecule has 5 nitrogen and oxygen atoms in total. The highest BCUT2D eigenvalue weighted by atomic mass is 32.2. The molecule has 1 rings (SSSR count). The van der Waals surface area contributed by atoms with Crippen molar-refractivity contribution in [2.45, 2.75) is 45.4 Å². The molecule has 0 spiro atoms. The minimum atomic E-state index is -3.62. The zero-order chi connectivity index (χ0) is 16.7. The number of esters is 1. The average Bonchev–Trinajstić information content (AvgIpc) is 2.55. The van der Waals surface area contributed by atoms with Crippen LogP contribution in [0.15, 0.2) is 35.2 Å². The molecule has 0 heterocycles. The fourth-order valence-corrected chi connectivity index (χ4v) is 1.90. The molecular weight excluding hydrogens is 290 g/mol. The molecule has 6 heteroatoms. The van der Waals surface area contributed by atoms with Crippen LogP contribution in [0.25, 0.3) is 0 Å². The van der Waals surface area contributed by atoms with Crippen molar-refractivity contribution in [3.05, 3.63) is 30.3 Å². The van der Waals surface area contributed by atoms with Crippen molar-refractivity contribution in [1.29, 1.82) is 0 Å². The molecule has 0 radical (unpaired) electrons. The van der Waals surface area contributed by atoms with Crippen LogP contribution in [-0.4, -0.2) is 28.0 Å². The predicted molar refractivity (Wildman–Crippen MR) is 85.6 cm³/mol. The van der Waals surface area contributed by atoms with Crippen LogP contribution >= 0.6 is 0 Å². The molecule has 0 aliphatic rings. The highest BCUT2D eigenvalue weighted by Crippen LogP contribution is 2.06. The van der Waals surface area contributed by atoms with Gasteiger partial charge in [-0.3, -0.25) is 4.79 Å². The minimum Gasteiger partial charge on any atom is -0.468 e. The maximum Gasteiger partial charge on any atom is 0.320 e. The Morgan fingerprint density at radius 2 is 1.57 bits per heavy atom. The maximum atomic E-state index is 11.5. The fraction of sp³-hybridized carbons (Fsp3) is 0.533. The SMILES string of the molecule is CC.CCCC.COC(=O)CNS(=O)(=O)c1ccccc1. The largest absolute Gasteiger partial charge is 0.468 e. The number of nitrogens with one attached hydrogen (secondary N) is 1. The molecular formula is C15H27NO4S. The summed E-state index contributed by atoms with van der Waals surface area (Å²) in [6.07, 6.45) is 2.64. The van der Waals surface area contributed by atoms with E-state index in [1.54, 1.807) is 18.2 Å². The Bertz CT molecular complexity index is 456. The van der Waals surface area contributed by atoms with Crippen LogP contribution in [0.2, 0.25) is 0 Å². The van der Waals surface area contributed by atoms with Gasteiger partial charge < -0.3 is 4.74 Å². The zero-order valence-corrected chi connectivity index (χ0v) is 14.4. The van der Waals surface area contributed by atoms with Gasteiger partial charge in [-0.05, 0) is 12.1 Å². The first kappa shape index (κ1) is 21.9. The Labute approximate surface area is 128 Å². The van der Waals surface area contributed by atoms with Gasteiger partial charge in [-0.25, -0.2) is 8.42 Å². The van der Waals surface area contributed by atoms with Gasteiger partial charge in [-0.1, -0.05) is 58.7 Å². The van der Waals surface area contributed by atoms with Crippen LogP contribution in [0.4, 0.5) is 0 Å². The predicted octanol–water partition coefficient (Wildman–Crippen LogP) is 2.97. The Morgan fingerprint density at radius 3 is 1.95 bits per heavy atom. The first-order valence-electron chi connectivity index (χ1n) is 7.09. The standard InChI is InChI=1S/C9H11NO4S.C4H10.C2H6/c1-14-9(11)7-10-15(12,13)8-5-3-2-4-6-8;1-3-4-2;1-2/h2-6,10H,7H2,1H3;3-4H2,1-2H3;1-2H3. The van der Waals surface area contributed by atoms with Crippen LogP contribution in [0.5, 0.6) is 0 Å². The van der Waals surface area contributed by atoms with E-state index < -0.39 is 16.0 Å². The molecule has 0 amide bonds. The molecule has 0 saturated heterocycles. The van der Waals surface area contributed by atoms with E-state index in [-0.39, 0.29) is 11.4 Å². The van der Waals surface area contributed by atoms with Crippen molar-refractivity contribution in [3.63, 3.8) is 0 Å². The monoisotopic (exact) mass is 317 g/mol. The van der Waals surface area contributed by atoms with Gasteiger partial charge in [0.05, 0.1) is 12.0 Å². The number of methoxy groups -OCH3 is 1. The Balaban J connectivity index is 0. The Morgan fingerprint density at radius 1 is 1.10 bits per heavy atom. The third-order valence-electron chi connectivity index (χ3n) is 2.19. The van der Waals surface area contributed by atoms with Gasteiger partial charge in [0.1, 0.15) is 6.54 Å². The number of unbranched alkanes of at least 4 members (excludes halogenated alkanes) is 1. The smallest absolute Gasteiger partial charge is 0.320 e. The van der Waals surface area contributed by atoms with E-state index >= 15 is 0 Å². The van der Waals surface area contributed by atoms with Crippen molar-refractivity contribution >= 4 is 16.0 Å². The van der Waals surface area contributed by atoms with Gasteiger partial charge in [0, 0.05) is 0 Å². The molecule has 1 N–H and O–H groups in total. The lowest BCUT2D eigenvalue weighted by atomic mass is 10.4. The molecule has 0 fully saturated rings. The summed E-state index contributed by atoms with van der Waals surface area (Å²) in [4.78, 5) is 10.9. The van der Waals surface area contributed by atoms with E-state index in [1.165, 1.54) is 32.1 Å². The van der Waals surface area contributed by atoms with Gasteiger partial charge in [0.15, 0.2) is 0 Å². The van der Waals surface area contributed by atoms with Gasteiger partial charge in [0.2, 0.25) is 10.0 Å². The highest BCUT2D eigenvalue weighted by Gasteiger charge is 2.14. The summed E-state index contributed by atoms with van der Waals surface area (Å²) >= 11 is 0. The van der Waals surface area contributed by atoms with Crippen molar-refractivity contribution in [1.82, 2.24) is 4.72 Å². The number of ether oxygens (including phenoxy) is 1. The first-order chi connectivity index (χ1) is 9.97. The summed E-state index contributed by atoms with van der Waals surface area (Å²) in [7, 11) is -2.42. The molecule has 122 valence electrons. The van der Waals surface area contributed by atoms with Crippen molar-refractivity contribution in [2.24, 2.45) is 0 Å². The molecule has 0 saturated carbocycles.